The molecular formula is C12H17NO2S. The largest absolute Gasteiger partial charge is 0.381 e. The SMILES string of the molecule is c1sc([C@@H]2CCOC2)nc1C1CCOCC1. The normalized spacial score (nSPS) is 27.4. The number of ether oxygens (including phenoxy) is 2. The smallest absolute Gasteiger partial charge is 0.0983 e. The molecule has 2 aliphatic heterocycles. The third-order valence-corrected chi connectivity index (χ3v) is 4.48. The molecule has 2 fully saturated rings. The summed E-state index contributed by atoms with van der Waals surface area (Å²) in [5.74, 6) is 1.18. The van der Waals surface area contributed by atoms with Crippen LogP contribution >= 0.6 is 11.3 Å². The molecule has 0 unspecified atom stereocenters. The third kappa shape index (κ3) is 2.14. The minimum absolute atomic E-state index is 0.554. The monoisotopic (exact) mass is 239 g/mol. The van der Waals surface area contributed by atoms with Crippen molar-refractivity contribution in [1.29, 1.82) is 0 Å². The minimum Gasteiger partial charge on any atom is -0.381 e. The van der Waals surface area contributed by atoms with Crippen LogP contribution in [0.3, 0.4) is 0 Å². The van der Waals surface area contributed by atoms with Gasteiger partial charge >= 0.3 is 0 Å². The van der Waals surface area contributed by atoms with Gasteiger partial charge in [0.25, 0.3) is 0 Å². The molecule has 0 amide bonds. The first-order valence-electron chi connectivity index (χ1n) is 6.04. The zero-order chi connectivity index (χ0) is 10.8. The van der Waals surface area contributed by atoms with Gasteiger partial charge in [-0.3, -0.25) is 0 Å². The van der Waals surface area contributed by atoms with E-state index in [1.54, 1.807) is 0 Å². The highest BCUT2D eigenvalue weighted by Crippen LogP contribution is 2.32. The Morgan fingerprint density at radius 3 is 2.56 bits per heavy atom. The molecule has 0 saturated carbocycles. The van der Waals surface area contributed by atoms with Crippen molar-refractivity contribution in [3.05, 3.63) is 16.1 Å². The molecule has 1 atom stereocenters. The fraction of sp³-hybridized carbons (Fsp3) is 0.750. The maximum Gasteiger partial charge on any atom is 0.0983 e. The summed E-state index contributed by atoms with van der Waals surface area (Å²) < 4.78 is 10.8. The summed E-state index contributed by atoms with van der Waals surface area (Å²) in [5, 5.41) is 3.52. The van der Waals surface area contributed by atoms with Crippen molar-refractivity contribution in [2.75, 3.05) is 26.4 Å². The van der Waals surface area contributed by atoms with E-state index in [0.717, 1.165) is 45.7 Å². The molecule has 2 saturated heterocycles. The molecule has 88 valence electrons. The number of nitrogens with zero attached hydrogens (tertiary/aromatic N) is 1. The molecule has 3 heterocycles. The highest BCUT2D eigenvalue weighted by molar-refractivity contribution is 7.09. The molecule has 0 N–H and O–H groups in total. The molecule has 0 bridgehead atoms. The van der Waals surface area contributed by atoms with E-state index in [4.69, 9.17) is 14.5 Å². The Hall–Kier alpha value is -0.450. The molecule has 1 aromatic rings. The lowest BCUT2D eigenvalue weighted by molar-refractivity contribution is 0.0846. The number of aromatic nitrogens is 1. The first kappa shape index (κ1) is 10.7. The molecule has 0 aromatic carbocycles. The van der Waals surface area contributed by atoms with E-state index in [1.165, 1.54) is 10.7 Å². The lowest BCUT2D eigenvalue weighted by Crippen LogP contribution is -2.14. The lowest BCUT2D eigenvalue weighted by atomic mass is 9.97. The van der Waals surface area contributed by atoms with Crippen LogP contribution in [0.4, 0.5) is 0 Å². The van der Waals surface area contributed by atoms with Gasteiger partial charge in [-0.1, -0.05) is 0 Å². The predicted octanol–water partition coefficient (Wildman–Crippen LogP) is 2.54. The summed E-state index contributed by atoms with van der Waals surface area (Å²) in [7, 11) is 0. The van der Waals surface area contributed by atoms with Crippen molar-refractivity contribution >= 4 is 11.3 Å². The number of thiazole rings is 1. The Morgan fingerprint density at radius 2 is 1.81 bits per heavy atom. The Labute approximate surface area is 99.8 Å². The van der Waals surface area contributed by atoms with Crippen molar-refractivity contribution in [3.8, 4) is 0 Å². The standard InChI is InChI=1S/C12H17NO2S/c1-4-14-5-2-9(1)11-8-16-12(13-11)10-3-6-15-7-10/h8-10H,1-7H2/t10-/m1/s1. The molecule has 1 aromatic heterocycles. The van der Waals surface area contributed by atoms with Crippen LogP contribution in [-0.4, -0.2) is 31.4 Å². The van der Waals surface area contributed by atoms with Gasteiger partial charge in [-0.25, -0.2) is 4.98 Å². The molecule has 4 heteroatoms. The van der Waals surface area contributed by atoms with E-state index in [-0.39, 0.29) is 0 Å². The molecule has 0 aliphatic carbocycles. The minimum atomic E-state index is 0.554. The van der Waals surface area contributed by atoms with Gasteiger partial charge in [0.15, 0.2) is 0 Å². The van der Waals surface area contributed by atoms with Gasteiger partial charge in [-0.15, -0.1) is 11.3 Å². The molecule has 0 spiro atoms. The summed E-state index contributed by atoms with van der Waals surface area (Å²) in [4.78, 5) is 4.80. The van der Waals surface area contributed by atoms with Crippen LogP contribution in [0.15, 0.2) is 5.38 Å². The number of rotatable bonds is 2. The summed E-state index contributed by atoms with van der Waals surface area (Å²) in [6, 6.07) is 0. The molecule has 2 aliphatic rings. The van der Waals surface area contributed by atoms with Gasteiger partial charge in [0.2, 0.25) is 0 Å². The summed E-state index contributed by atoms with van der Waals surface area (Å²) in [6.45, 7) is 3.55. The second kappa shape index (κ2) is 4.82. The van der Waals surface area contributed by atoms with E-state index in [9.17, 15) is 0 Å². The molecule has 3 nitrogen and oxygen atoms in total. The van der Waals surface area contributed by atoms with Crippen molar-refractivity contribution in [3.63, 3.8) is 0 Å². The van der Waals surface area contributed by atoms with Gasteiger partial charge in [0.1, 0.15) is 0 Å². The topological polar surface area (TPSA) is 31.4 Å². The quantitative estimate of drug-likeness (QED) is 0.794. The zero-order valence-corrected chi connectivity index (χ0v) is 10.2. The lowest BCUT2D eigenvalue weighted by Gasteiger charge is -2.20. The van der Waals surface area contributed by atoms with Gasteiger partial charge < -0.3 is 9.47 Å². The van der Waals surface area contributed by atoms with Crippen LogP contribution < -0.4 is 0 Å². The van der Waals surface area contributed by atoms with E-state index >= 15 is 0 Å². The maximum absolute atomic E-state index is 5.41. The van der Waals surface area contributed by atoms with E-state index < -0.39 is 0 Å². The predicted molar refractivity (Wildman–Crippen MR) is 63.1 cm³/mol. The Bertz CT molecular complexity index is 341. The van der Waals surface area contributed by atoms with Crippen LogP contribution in [-0.2, 0) is 9.47 Å². The van der Waals surface area contributed by atoms with Crippen molar-refractivity contribution < 1.29 is 9.47 Å². The van der Waals surface area contributed by atoms with E-state index in [1.807, 2.05) is 11.3 Å². The Balaban J connectivity index is 1.71. The summed E-state index contributed by atoms with van der Waals surface area (Å²) in [5.41, 5.74) is 1.29. The van der Waals surface area contributed by atoms with E-state index in [2.05, 4.69) is 5.38 Å². The average Bonchev–Trinajstić information content (AvgIpc) is 3.01. The first-order valence-corrected chi connectivity index (χ1v) is 6.92. The second-order valence-electron chi connectivity index (χ2n) is 4.56. The molecule has 16 heavy (non-hydrogen) atoms. The fourth-order valence-electron chi connectivity index (χ4n) is 2.40. The average molecular weight is 239 g/mol. The second-order valence-corrected chi connectivity index (χ2v) is 5.45. The van der Waals surface area contributed by atoms with Crippen molar-refractivity contribution in [2.24, 2.45) is 0 Å². The fourth-order valence-corrected chi connectivity index (χ4v) is 3.42. The van der Waals surface area contributed by atoms with Crippen molar-refractivity contribution in [1.82, 2.24) is 4.98 Å². The molecule has 3 rings (SSSR count). The maximum atomic E-state index is 5.41. The van der Waals surface area contributed by atoms with Gasteiger partial charge in [-0.2, -0.15) is 0 Å². The van der Waals surface area contributed by atoms with Crippen LogP contribution in [0.2, 0.25) is 0 Å². The van der Waals surface area contributed by atoms with Gasteiger partial charge in [0.05, 0.1) is 17.3 Å². The Kier molecular flexibility index (Phi) is 3.22. The highest BCUT2D eigenvalue weighted by atomic mass is 32.1. The third-order valence-electron chi connectivity index (χ3n) is 3.46. The first-order chi connectivity index (χ1) is 7.93. The Morgan fingerprint density at radius 1 is 1.06 bits per heavy atom. The summed E-state index contributed by atoms with van der Waals surface area (Å²) in [6.07, 6.45) is 3.40. The number of hydrogen-bond acceptors (Lipinski definition) is 4. The van der Waals surface area contributed by atoms with Gasteiger partial charge in [-0.05, 0) is 19.3 Å². The van der Waals surface area contributed by atoms with E-state index in [0.29, 0.717) is 11.8 Å². The summed E-state index contributed by atoms with van der Waals surface area (Å²) >= 11 is 1.81. The van der Waals surface area contributed by atoms with Gasteiger partial charge in [0, 0.05) is 37.0 Å². The van der Waals surface area contributed by atoms with Crippen LogP contribution in [0, 0.1) is 0 Å². The van der Waals surface area contributed by atoms with Crippen LogP contribution in [0.25, 0.3) is 0 Å². The van der Waals surface area contributed by atoms with Crippen LogP contribution in [0.5, 0.6) is 0 Å². The number of hydrogen-bond donors (Lipinski definition) is 0. The zero-order valence-electron chi connectivity index (χ0n) is 9.35. The molecule has 0 radical (unpaired) electrons. The van der Waals surface area contributed by atoms with Crippen molar-refractivity contribution in [2.45, 2.75) is 31.1 Å². The highest BCUT2D eigenvalue weighted by Gasteiger charge is 2.23. The van der Waals surface area contributed by atoms with Crippen LogP contribution in [0.1, 0.15) is 41.8 Å². The molecular weight excluding hydrogens is 222 g/mol.